The molecule has 0 unspecified atom stereocenters. The van der Waals surface area contributed by atoms with Crippen molar-refractivity contribution in [3.63, 3.8) is 0 Å². The van der Waals surface area contributed by atoms with Gasteiger partial charge in [0.05, 0.1) is 23.2 Å². The number of aryl methyl sites for hydroxylation is 2. The van der Waals surface area contributed by atoms with E-state index in [1.165, 1.54) is 19.1 Å². The lowest BCUT2D eigenvalue weighted by Crippen LogP contribution is -2.45. The van der Waals surface area contributed by atoms with Gasteiger partial charge in [-0.15, -0.1) is 0 Å². The first-order valence-corrected chi connectivity index (χ1v) is 10.1. The second kappa shape index (κ2) is 7.79. The molecule has 0 aromatic heterocycles. The SMILES string of the molecule is Cc1ccc(C)c(N([C@H](C)C(=O)Nc2ccccc2C(N)=O)S(C)(=O)=O)c1. The Hall–Kier alpha value is -2.87. The molecule has 2 amide bonds. The standard InChI is InChI=1S/C19H23N3O4S/c1-12-9-10-13(2)17(11-12)22(27(4,25)26)14(3)19(24)21-16-8-6-5-7-15(16)18(20)23/h5-11,14H,1-4H3,(H2,20,23)(H,21,24)/t14-/m1/s1. The molecule has 1 atom stereocenters. The van der Waals surface area contributed by atoms with Crippen LogP contribution in [0.25, 0.3) is 0 Å². The normalized spacial score (nSPS) is 12.3. The van der Waals surface area contributed by atoms with Gasteiger partial charge in [0.1, 0.15) is 6.04 Å². The van der Waals surface area contributed by atoms with Gasteiger partial charge < -0.3 is 11.1 Å². The molecule has 2 aromatic rings. The number of nitrogens with zero attached hydrogens (tertiary/aromatic N) is 1. The lowest BCUT2D eigenvalue weighted by Gasteiger charge is -2.30. The average Bonchev–Trinajstić information content (AvgIpc) is 2.57. The monoisotopic (exact) mass is 389 g/mol. The molecule has 0 spiro atoms. The molecular weight excluding hydrogens is 366 g/mol. The van der Waals surface area contributed by atoms with Gasteiger partial charge in [-0.2, -0.15) is 0 Å². The fourth-order valence-corrected chi connectivity index (χ4v) is 4.01. The van der Waals surface area contributed by atoms with Crippen molar-refractivity contribution in [3.05, 3.63) is 59.2 Å². The second-order valence-corrected chi connectivity index (χ2v) is 8.28. The van der Waals surface area contributed by atoms with E-state index >= 15 is 0 Å². The highest BCUT2D eigenvalue weighted by atomic mass is 32.2. The molecular formula is C19H23N3O4S. The number of benzene rings is 2. The molecule has 3 N–H and O–H groups in total. The highest BCUT2D eigenvalue weighted by Crippen LogP contribution is 2.27. The quantitative estimate of drug-likeness (QED) is 0.789. The van der Waals surface area contributed by atoms with Crippen LogP contribution in [0.3, 0.4) is 0 Å². The highest BCUT2D eigenvalue weighted by Gasteiger charge is 2.30. The summed E-state index contributed by atoms with van der Waals surface area (Å²) in [6.07, 6.45) is 1.05. The molecule has 0 saturated carbocycles. The van der Waals surface area contributed by atoms with Crippen molar-refractivity contribution in [1.82, 2.24) is 0 Å². The van der Waals surface area contributed by atoms with Gasteiger partial charge in [0, 0.05) is 0 Å². The topological polar surface area (TPSA) is 110 Å². The van der Waals surface area contributed by atoms with Crippen LogP contribution in [0.1, 0.15) is 28.4 Å². The number of sulfonamides is 1. The van der Waals surface area contributed by atoms with Gasteiger partial charge in [-0.05, 0) is 50.1 Å². The summed E-state index contributed by atoms with van der Waals surface area (Å²) in [5, 5.41) is 2.60. The lowest BCUT2D eigenvalue weighted by atomic mass is 10.1. The summed E-state index contributed by atoms with van der Waals surface area (Å²) >= 11 is 0. The largest absolute Gasteiger partial charge is 0.366 e. The van der Waals surface area contributed by atoms with E-state index < -0.39 is 27.9 Å². The molecule has 0 bridgehead atoms. The molecule has 27 heavy (non-hydrogen) atoms. The summed E-state index contributed by atoms with van der Waals surface area (Å²) in [7, 11) is -3.74. The molecule has 8 heteroatoms. The van der Waals surface area contributed by atoms with E-state index in [4.69, 9.17) is 5.73 Å². The Morgan fingerprint density at radius 2 is 1.74 bits per heavy atom. The zero-order valence-electron chi connectivity index (χ0n) is 15.7. The number of primary amides is 1. The van der Waals surface area contributed by atoms with E-state index in [-0.39, 0.29) is 11.3 Å². The van der Waals surface area contributed by atoms with Crippen molar-refractivity contribution in [2.45, 2.75) is 26.8 Å². The van der Waals surface area contributed by atoms with Crippen molar-refractivity contribution in [2.24, 2.45) is 5.73 Å². The van der Waals surface area contributed by atoms with E-state index in [1.54, 1.807) is 31.2 Å². The molecule has 144 valence electrons. The Bertz CT molecular complexity index is 986. The minimum Gasteiger partial charge on any atom is -0.366 e. The fraction of sp³-hybridized carbons (Fsp3) is 0.263. The van der Waals surface area contributed by atoms with Gasteiger partial charge in [0.2, 0.25) is 15.9 Å². The second-order valence-electron chi connectivity index (χ2n) is 6.42. The minimum absolute atomic E-state index is 0.149. The molecule has 0 saturated heterocycles. The number of hydrogen-bond donors (Lipinski definition) is 2. The molecule has 2 rings (SSSR count). The molecule has 0 radical (unpaired) electrons. The number of anilines is 2. The molecule has 2 aromatic carbocycles. The van der Waals surface area contributed by atoms with Crippen molar-refractivity contribution < 1.29 is 18.0 Å². The van der Waals surface area contributed by atoms with E-state index in [0.717, 1.165) is 21.7 Å². The zero-order chi connectivity index (χ0) is 20.4. The van der Waals surface area contributed by atoms with Crippen LogP contribution in [0.4, 0.5) is 11.4 Å². The van der Waals surface area contributed by atoms with Crippen LogP contribution in [0.5, 0.6) is 0 Å². The maximum atomic E-state index is 12.8. The summed E-state index contributed by atoms with van der Waals surface area (Å²) in [6, 6.07) is 10.6. The van der Waals surface area contributed by atoms with Gasteiger partial charge in [-0.3, -0.25) is 13.9 Å². The number of amides is 2. The molecule has 7 nitrogen and oxygen atoms in total. The predicted molar refractivity (Wildman–Crippen MR) is 106 cm³/mol. The van der Waals surface area contributed by atoms with Gasteiger partial charge in [-0.25, -0.2) is 8.42 Å². The maximum absolute atomic E-state index is 12.8. The maximum Gasteiger partial charge on any atom is 0.250 e. The van der Waals surface area contributed by atoms with Gasteiger partial charge in [-0.1, -0.05) is 24.3 Å². The molecule has 0 fully saturated rings. The number of carbonyl (C=O) groups is 2. The summed E-state index contributed by atoms with van der Waals surface area (Å²) in [4.78, 5) is 24.3. The van der Waals surface area contributed by atoms with Crippen LogP contribution in [0.15, 0.2) is 42.5 Å². The number of nitrogens with one attached hydrogen (secondary N) is 1. The number of hydrogen-bond acceptors (Lipinski definition) is 4. The summed E-state index contributed by atoms with van der Waals surface area (Å²) in [5.74, 6) is -1.26. The number of para-hydroxylation sites is 1. The third-order valence-corrected chi connectivity index (χ3v) is 5.37. The third-order valence-electron chi connectivity index (χ3n) is 4.14. The van der Waals surface area contributed by atoms with E-state index in [9.17, 15) is 18.0 Å². The zero-order valence-corrected chi connectivity index (χ0v) is 16.5. The number of carbonyl (C=O) groups excluding carboxylic acids is 2. The first-order valence-electron chi connectivity index (χ1n) is 8.28. The average molecular weight is 389 g/mol. The van der Waals surface area contributed by atoms with Crippen LogP contribution in [0, 0.1) is 13.8 Å². The van der Waals surface area contributed by atoms with Crippen molar-refractivity contribution >= 4 is 33.2 Å². The smallest absolute Gasteiger partial charge is 0.250 e. The Morgan fingerprint density at radius 1 is 1.11 bits per heavy atom. The van der Waals surface area contributed by atoms with Gasteiger partial charge in [0.15, 0.2) is 0 Å². The first-order chi connectivity index (χ1) is 12.5. The fourth-order valence-electron chi connectivity index (χ4n) is 2.78. The Kier molecular flexibility index (Phi) is 5.90. The highest BCUT2D eigenvalue weighted by molar-refractivity contribution is 7.92. The van der Waals surface area contributed by atoms with Crippen molar-refractivity contribution in [1.29, 1.82) is 0 Å². The van der Waals surface area contributed by atoms with Gasteiger partial charge in [0.25, 0.3) is 5.91 Å². The summed E-state index contributed by atoms with van der Waals surface area (Å²) < 4.78 is 26.0. The molecule has 0 heterocycles. The molecule has 0 aliphatic carbocycles. The lowest BCUT2D eigenvalue weighted by molar-refractivity contribution is -0.116. The Morgan fingerprint density at radius 3 is 2.33 bits per heavy atom. The minimum atomic E-state index is -3.74. The number of rotatable bonds is 6. The Balaban J connectivity index is 2.42. The van der Waals surface area contributed by atoms with Crippen molar-refractivity contribution in [2.75, 3.05) is 15.9 Å². The van der Waals surface area contributed by atoms with E-state index in [2.05, 4.69) is 5.32 Å². The van der Waals surface area contributed by atoms with Crippen LogP contribution >= 0.6 is 0 Å². The van der Waals surface area contributed by atoms with Crippen LogP contribution in [-0.2, 0) is 14.8 Å². The first kappa shape index (κ1) is 20.4. The van der Waals surface area contributed by atoms with Gasteiger partial charge >= 0.3 is 0 Å². The summed E-state index contributed by atoms with van der Waals surface area (Å²) in [6.45, 7) is 5.11. The van der Waals surface area contributed by atoms with E-state index in [1.807, 2.05) is 13.0 Å². The molecule has 0 aliphatic rings. The third kappa shape index (κ3) is 4.65. The van der Waals surface area contributed by atoms with Crippen LogP contribution < -0.4 is 15.4 Å². The Labute approximate surface area is 159 Å². The predicted octanol–water partition coefficient (Wildman–Crippen LogP) is 2.20. The summed E-state index contributed by atoms with van der Waals surface area (Å²) in [5.41, 5.74) is 7.74. The number of nitrogens with two attached hydrogens (primary N) is 1. The van der Waals surface area contributed by atoms with Crippen molar-refractivity contribution in [3.8, 4) is 0 Å². The van der Waals surface area contributed by atoms with Crippen LogP contribution in [-0.4, -0.2) is 32.5 Å². The van der Waals surface area contributed by atoms with E-state index in [0.29, 0.717) is 5.69 Å². The van der Waals surface area contributed by atoms with Crippen LogP contribution in [0.2, 0.25) is 0 Å². The molecule has 0 aliphatic heterocycles.